The van der Waals surface area contributed by atoms with Crippen molar-refractivity contribution in [2.75, 3.05) is 13.1 Å². The third-order valence-electron chi connectivity index (χ3n) is 4.92. The van der Waals surface area contributed by atoms with Crippen molar-refractivity contribution in [1.29, 1.82) is 0 Å². The molecule has 0 bridgehead atoms. The first-order chi connectivity index (χ1) is 8.42. The van der Waals surface area contributed by atoms with Gasteiger partial charge in [0.15, 0.2) is 0 Å². The zero-order valence-corrected chi connectivity index (χ0v) is 10.6. The summed E-state index contributed by atoms with van der Waals surface area (Å²) in [6.07, 6.45) is 8.40. The summed E-state index contributed by atoms with van der Waals surface area (Å²) in [5.41, 5.74) is 2.09. The molecule has 2 aliphatic rings. The molecule has 1 heteroatoms. The van der Waals surface area contributed by atoms with Crippen LogP contribution in [0.3, 0.4) is 0 Å². The van der Waals surface area contributed by atoms with E-state index >= 15 is 0 Å². The molecule has 1 aliphatic heterocycles. The van der Waals surface area contributed by atoms with Crippen LogP contribution in [0.2, 0.25) is 0 Å². The number of hydrogen-bond donors (Lipinski definition) is 1. The molecule has 3 rings (SSSR count). The Labute approximate surface area is 105 Å². The Morgan fingerprint density at radius 2 is 1.82 bits per heavy atom. The maximum atomic E-state index is 3.64. The first-order valence-electron chi connectivity index (χ1n) is 7.18. The lowest BCUT2D eigenvalue weighted by Crippen LogP contribution is -2.40. The molecule has 17 heavy (non-hydrogen) atoms. The summed E-state index contributed by atoms with van der Waals surface area (Å²) in [6.45, 7) is 2.44. The van der Waals surface area contributed by atoms with Gasteiger partial charge in [-0.3, -0.25) is 0 Å². The quantitative estimate of drug-likeness (QED) is 0.777. The number of nitrogens with one attached hydrogen (secondary N) is 1. The molecule has 0 spiro atoms. The minimum atomic E-state index is 0.489. The standard InChI is InChI=1S/C16H23N/c1-2-7-14(8-3-1)16-10-5-4-9-15(16)13-17-12-6-11-16/h1-3,7-8,15,17H,4-6,9-13H2/t15-,16-/m0/s1. The molecule has 0 unspecified atom stereocenters. The van der Waals surface area contributed by atoms with Crippen LogP contribution in [-0.2, 0) is 5.41 Å². The van der Waals surface area contributed by atoms with E-state index in [1.807, 2.05) is 0 Å². The van der Waals surface area contributed by atoms with E-state index in [9.17, 15) is 0 Å². The number of hydrogen-bond acceptors (Lipinski definition) is 1. The highest BCUT2D eigenvalue weighted by Gasteiger charge is 2.42. The van der Waals surface area contributed by atoms with Gasteiger partial charge < -0.3 is 5.32 Å². The fraction of sp³-hybridized carbons (Fsp3) is 0.625. The Morgan fingerprint density at radius 3 is 2.71 bits per heavy atom. The molecule has 1 saturated carbocycles. The van der Waals surface area contributed by atoms with Crippen molar-refractivity contribution in [3.63, 3.8) is 0 Å². The zero-order valence-electron chi connectivity index (χ0n) is 10.6. The van der Waals surface area contributed by atoms with Crippen molar-refractivity contribution in [3.8, 4) is 0 Å². The summed E-state index contributed by atoms with van der Waals surface area (Å²) >= 11 is 0. The lowest BCUT2D eigenvalue weighted by molar-refractivity contribution is 0.181. The number of benzene rings is 1. The van der Waals surface area contributed by atoms with Crippen molar-refractivity contribution >= 4 is 0 Å². The van der Waals surface area contributed by atoms with E-state index in [1.54, 1.807) is 5.56 Å². The molecule has 1 heterocycles. The van der Waals surface area contributed by atoms with Crippen molar-refractivity contribution in [2.45, 2.75) is 43.9 Å². The van der Waals surface area contributed by atoms with Crippen LogP contribution in [0, 0.1) is 5.92 Å². The van der Waals surface area contributed by atoms with Crippen molar-refractivity contribution in [1.82, 2.24) is 5.32 Å². The van der Waals surface area contributed by atoms with E-state index in [4.69, 9.17) is 0 Å². The Kier molecular flexibility index (Phi) is 3.19. The van der Waals surface area contributed by atoms with Crippen LogP contribution in [0.4, 0.5) is 0 Å². The lowest BCUT2D eigenvalue weighted by Gasteiger charge is -2.44. The molecule has 0 radical (unpaired) electrons. The molecule has 0 aromatic heterocycles. The topological polar surface area (TPSA) is 12.0 Å². The largest absolute Gasteiger partial charge is 0.316 e. The normalized spacial score (nSPS) is 33.8. The maximum Gasteiger partial charge on any atom is -0.000620 e. The summed E-state index contributed by atoms with van der Waals surface area (Å²) < 4.78 is 0. The lowest BCUT2D eigenvalue weighted by atomic mass is 9.61. The predicted octanol–water partition coefficient (Wildman–Crippen LogP) is 3.50. The second-order valence-corrected chi connectivity index (χ2v) is 5.77. The van der Waals surface area contributed by atoms with E-state index in [1.165, 1.54) is 51.6 Å². The highest BCUT2D eigenvalue weighted by atomic mass is 14.9. The van der Waals surface area contributed by atoms with E-state index in [2.05, 4.69) is 35.6 Å². The minimum absolute atomic E-state index is 0.489. The van der Waals surface area contributed by atoms with Crippen LogP contribution in [-0.4, -0.2) is 13.1 Å². The molecule has 2 atom stereocenters. The third-order valence-corrected chi connectivity index (χ3v) is 4.92. The van der Waals surface area contributed by atoms with E-state index < -0.39 is 0 Å². The van der Waals surface area contributed by atoms with Crippen LogP contribution in [0.5, 0.6) is 0 Å². The Hall–Kier alpha value is -0.820. The average Bonchev–Trinajstić information content (AvgIpc) is 2.63. The fourth-order valence-corrected chi connectivity index (χ4v) is 4.04. The molecule has 1 N–H and O–H groups in total. The van der Waals surface area contributed by atoms with Gasteiger partial charge in [-0.15, -0.1) is 0 Å². The monoisotopic (exact) mass is 229 g/mol. The molecule has 0 amide bonds. The second-order valence-electron chi connectivity index (χ2n) is 5.77. The molecule has 1 nitrogen and oxygen atoms in total. The molecular formula is C16H23N. The summed E-state index contributed by atoms with van der Waals surface area (Å²) in [5, 5.41) is 3.64. The van der Waals surface area contributed by atoms with E-state index in [0.29, 0.717) is 5.41 Å². The van der Waals surface area contributed by atoms with E-state index in [-0.39, 0.29) is 0 Å². The highest BCUT2D eigenvalue weighted by molar-refractivity contribution is 5.28. The second kappa shape index (κ2) is 4.81. The van der Waals surface area contributed by atoms with E-state index in [0.717, 1.165) is 5.92 Å². The number of rotatable bonds is 1. The van der Waals surface area contributed by atoms with Gasteiger partial charge in [0.25, 0.3) is 0 Å². The summed E-state index contributed by atoms with van der Waals surface area (Å²) in [6, 6.07) is 11.3. The Morgan fingerprint density at radius 1 is 1.00 bits per heavy atom. The van der Waals surface area contributed by atoms with Gasteiger partial charge in [0.2, 0.25) is 0 Å². The molecule has 1 saturated heterocycles. The van der Waals surface area contributed by atoms with Crippen LogP contribution in [0.25, 0.3) is 0 Å². The SMILES string of the molecule is c1ccc([C@@]23CCCC[C@H]2CNCCC3)cc1. The minimum Gasteiger partial charge on any atom is -0.316 e. The summed E-state index contributed by atoms with van der Waals surface area (Å²) in [7, 11) is 0. The molecule has 92 valence electrons. The Balaban J connectivity index is 1.99. The first-order valence-corrected chi connectivity index (χ1v) is 7.18. The van der Waals surface area contributed by atoms with Crippen LogP contribution in [0.15, 0.2) is 30.3 Å². The van der Waals surface area contributed by atoms with Gasteiger partial charge in [0.1, 0.15) is 0 Å². The van der Waals surface area contributed by atoms with Crippen LogP contribution < -0.4 is 5.32 Å². The van der Waals surface area contributed by atoms with Crippen molar-refractivity contribution in [3.05, 3.63) is 35.9 Å². The molecular weight excluding hydrogens is 206 g/mol. The van der Waals surface area contributed by atoms with Gasteiger partial charge in [-0.25, -0.2) is 0 Å². The first kappa shape index (κ1) is 11.3. The zero-order chi connectivity index (χ0) is 11.6. The fourth-order valence-electron chi connectivity index (χ4n) is 4.04. The molecule has 1 aromatic rings. The predicted molar refractivity (Wildman–Crippen MR) is 72.2 cm³/mol. The summed E-state index contributed by atoms with van der Waals surface area (Å²) in [4.78, 5) is 0. The van der Waals surface area contributed by atoms with Crippen LogP contribution in [0.1, 0.15) is 44.1 Å². The summed E-state index contributed by atoms with van der Waals surface area (Å²) in [5.74, 6) is 0.862. The third kappa shape index (κ3) is 2.01. The number of fused-ring (bicyclic) bond motifs is 1. The maximum absolute atomic E-state index is 3.64. The van der Waals surface area contributed by atoms with Gasteiger partial charge in [-0.1, -0.05) is 43.2 Å². The van der Waals surface area contributed by atoms with Gasteiger partial charge in [-0.05, 0) is 55.7 Å². The smallest absolute Gasteiger partial charge is 0.000620 e. The van der Waals surface area contributed by atoms with Gasteiger partial charge in [-0.2, -0.15) is 0 Å². The molecule has 1 aromatic carbocycles. The van der Waals surface area contributed by atoms with Gasteiger partial charge in [0.05, 0.1) is 0 Å². The van der Waals surface area contributed by atoms with Crippen molar-refractivity contribution in [2.24, 2.45) is 5.92 Å². The van der Waals surface area contributed by atoms with Gasteiger partial charge >= 0.3 is 0 Å². The highest BCUT2D eigenvalue weighted by Crippen LogP contribution is 2.47. The van der Waals surface area contributed by atoms with Crippen LogP contribution >= 0.6 is 0 Å². The van der Waals surface area contributed by atoms with Crippen molar-refractivity contribution < 1.29 is 0 Å². The average molecular weight is 229 g/mol. The Bertz CT molecular complexity index is 359. The molecule has 1 aliphatic carbocycles. The molecule has 2 fully saturated rings. The van der Waals surface area contributed by atoms with Gasteiger partial charge in [0, 0.05) is 0 Å².